The average Bonchev–Trinajstić information content (AvgIpc) is 2.78. The third-order valence-electron chi connectivity index (χ3n) is 2.53. The molecule has 0 fully saturated rings. The van der Waals surface area contributed by atoms with Gasteiger partial charge in [0.15, 0.2) is 10.4 Å². The molecule has 2 aromatic rings. The molecule has 4 N–H and O–H groups in total. The molecule has 0 saturated heterocycles. The minimum absolute atomic E-state index is 0.0667. The smallest absolute Gasteiger partial charge is 0.281 e. The standard InChI is InChI=1S/C10H11BrN6O3S/c1-17-10(8(11)13-16-17)21(19,20)15-7-4-2-6(3-5-7)9(12)14-18/h2-5,15,18H,1H3,(H2,12,14). The summed E-state index contributed by atoms with van der Waals surface area (Å²) in [6.45, 7) is 0. The summed E-state index contributed by atoms with van der Waals surface area (Å²) >= 11 is 3.03. The molecule has 0 spiro atoms. The van der Waals surface area contributed by atoms with Gasteiger partial charge in [0.2, 0.25) is 5.03 Å². The number of nitrogens with zero attached hydrogens (tertiary/aromatic N) is 4. The molecule has 112 valence electrons. The van der Waals surface area contributed by atoms with E-state index in [0.717, 1.165) is 4.68 Å². The Morgan fingerprint density at radius 1 is 1.43 bits per heavy atom. The van der Waals surface area contributed by atoms with E-state index in [0.29, 0.717) is 11.3 Å². The molecule has 11 heteroatoms. The molecule has 1 heterocycles. The molecule has 0 bridgehead atoms. The molecule has 9 nitrogen and oxygen atoms in total. The van der Waals surface area contributed by atoms with E-state index in [1.807, 2.05) is 0 Å². The number of benzene rings is 1. The van der Waals surface area contributed by atoms with Crippen LogP contribution in [-0.2, 0) is 17.1 Å². The van der Waals surface area contributed by atoms with E-state index in [4.69, 9.17) is 10.9 Å². The lowest BCUT2D eigenvalue weighted by molar-refractivity contribution is 0.318. The SMILES string of the molecule is Cn1nnc(Br)c1S(=O)(=O)Nc1ccc(/C(N)=N/O)cc1. The van der Waals surface area contributed by atoms with Gasteiger partial charge in [-0.25, -0.2) is 4.68 Å². The zero-order valence-electron chi connectivity index (χ0n) is 10.7. The summed E-state index contributed by atoms with van der Waals surface area (Å²) in [6.07, 6.45) is 0. The highest BCUT2D eigenvalue weighted by molar-refractivity contribution is 9.10. The second-order valence-electron chi connectivity index (χ2n) is 3.98. The van der Waals surface area contributed by atoms with Crippen LogP contribution in [-0.4, -0.2) is 34.5 Å². The number of anilines is 1. The molecule has 1 aromatic carbocycles. The normalized spacial score (nSPS) is 12.4. The van der Waals surface area contributed by atoms with Crippen LogP contribution in [0.3, 0.4) is 0 Å². The molecular weight excluding hydrogens is 364 g/mol. The third kappa shape index (κ3) is 3.13. The Balaban J connectivity index is 2.30. The summed E-state index contributed by atoms with van der Waals surface area (Å²) in [7, 11) is -2.37. The number of amidine groups is 1. The molecule has 21 heavy (non-hydrogen) atoms. The average molecular weight is 375 g/mol. The Morgan fingerprint density at radius 3 is 2.52 bits per heavy atom. The fourth-order valence-electron chi connectivity index (χ4n) is 1.58. The van der Waals surface area contributed by atoms with Crippen molar-refractivity contribution in [3.8, 4) is 0 Å². The van der Waals surface area contributed by atoms with Gasteiger partial charge in [0.05, 0.1) is 0 Å². The molecule has 0 aliphatic rings. The number of hydrogen-bond donors (Lipinski definition) is 3. The van der Waals surface area contributed by atoms with E-state index in [9.17, 15) is 8.42 Å². The van der Waals surface area contributed by atoms with Gasteiger partial charge < -0.3 is 10.9 Å². The fourth-order valence-corrected chi connectivity index (χ4v) is 3.74. The van der Waals surface area contributed by atoms with Crippen molar-refractivity contribution in [2.24, 2.45) is 17.9 Å². The van der Waals surface area contributed by atoms with Crippen LogP contribution in [0.1, 0.15) is 5.56 Å². The quantitative estimate of drug-likeness (QED) is 0.308. The van der Waals surface area contributed by atoms with Crippen molar-refractivity contribution in [3.05, 3.63) is 34.4 Å². The van der Waals surface area contributed by atoms with Gasteiger partial charge in [-0.2, -0.15) is 8.42 Å². The van der Waals surface area contributed by atoms with Crippen LogP contribution < -0.4 is 10.5 Å². The van der Waals surface area contributed by atoms with Crippen molar-refractivity contribution >= 4 is 37.5 Å². The molecule has 0 saturated carbocycles. The van der Waals surface area contributed by atoms with Gasteiger partial charge in [-0.15, -0.1) is 5.10 Å². The summed E-state index contributed by atoms with van der Waals surface area (Å²) in [5, 5.41) is 18.6. The van der Waals surface area contributed by atoms with Gasteiger partial charge >= 0.3 is 0 Å². The lowest BCUT2D eigenvalue weighted by Crippen LogP contribution is -2.17. The van der Waals surface area contributed by atoms with Crippen molar-refractivity contribution in [1.82, 2.24) is 15.0 Å². The maximum Gasteiger partial charge on any atom is 0.281 e. The number of rotatable bonds is 4. The molecule has 0 aliphatic carbocycles. The van der Waals surface area contributed by atoms with Gasteiger partial charge in [-0.05, 0) is 40.2 Å². The first-order valence-corrected chi connectivity index (χ1v) is 7.78. The van der Waals surface area contributed by atoms with Crippen LogP contribution in [0.5, 0.6) is 0 Å². The second kappa shape index (κ2) is 5.69. The predicted octanol–water partition coefficient (Wildman–Crippen LogP) is 0.473. The van der Waals surface area contributed by atoms with E-state index in [2.05, 4.69) is 36.1 Å². The zero-order valence-corrected chi connectivity index (χ0v) is 13.1. The summed E-state index contributed by atoms with van der Waals surface area (Å²) in [5.41, 5.74) is 6.20. The first kappa shape index (κ1) is 15.3. The van der Waals surface area contributed by atoms with Crippen molar-refractivity contribution in [1.29, 1.82) is 0 Å². The number of nitrogens with two attached hydrogens (primary N) is 1. The Kier molecular flexibility index (Phi) is 4.14. The molecular formula is C10H11BrN6O3S. The Hall–Kier alpha value is -2.14. The van der Waals surface area contributed by atoms with Crippen molar-refractivity contribution in [2.45, 2.75) is 5.03 Å². The van der Waals surface area contributed by atoms with Crippen LogP contribution in [0.4, 0.5) is 5.69 Å². The molecule has 0 unspecified atom stereocenters. The number of sulfonamides is 1. The summed E-state index contributed by atoms with van der Waals surface area (Å²) < 4.78 is 28.1. The van der Waals surface area contributed by atoms with Gasteiger partial charge in [0, 0.05) is 18.3 Å². The largest absolute Gasteiger partial charge is 0.409 e. The summed E-state index contributed by atoms with van der Waals surface area (Å²) in [5.74, 6) is -0.0667. The third-order valence-corrected chi connectivity index (χ3v) is 4.80. The summed E-state index contributed by atoms with van der Waals surface area (Å²) in [6, 6.07) is 6.01. The molecule has 2 rings (SSSR count). The monoisotopic (exact) mass is 374 g/mol. The molecule has 0 radical (unpaired) electrons. The second-order valence-corrected chi connectivity index (χ2v) is 6.33. The maximum absolute atomic E-state index is 12.2. The molecule has 0 aliphatic heterocycles. The van der Waals surface area contributed by atoms with Crippen molar-refractivity contribution in [2.75, 3.05) is 4.72 Å². The van der Waals surface area contributed by atoms with Crippen LogP contribution >= 0.6 is 15.9 Å². The minimum atomic E-state index is -3.84. The number of aryl methyl sites for hydroxylation is 1. The Bertz CT molecular complexity index is 764. The first-order valence-electron chi connectivity index (χ1n) is 5.51. The predicted molar refractivity (Wildman–Crippen MR) is 78.5 cm³/mol. The van der Waals surface area contributed by atoms with Gasteiger partial charge in [-0.3, -0.25) is 4.72 Å². The Morgan fingerprint density at radius 2 is 2.05 bits per heavy atom. The highest BCUT2D eigenvalue weighted by atomic mass is 79.9. The van der Waals surface area contributed by atoms with Gasteiger partial charge in [-0.1, -0.05) is 10.4 Å². The van der Waals surface area contributed by atoms with E-state index in [1.165, 1.54) is 31.3 Å². The number of aromatic nitrogens is 3. The van der Waals surface area contributed by atoms with Gasteiger partial charge in [0.25, 0.3) is 10.0 Å². The van der Waals surface area contributed by atoms with E-state index < -0.39 is 10.0 Å². The summed E-state index contributed by atoms with van der Waals surface area (Å²) in [4.78, 5) is 0. The highest BCUT2D eigenvalue weighted by Crippen LogP contribution is 2.21. The lowest BCUT2D eigenvalue weighted by atomic mass is 10.2. The number of nitrogens with one attached hydrogen (secondary N) is 1. The highest BCUT2D eigenvalue weighted by Gasteiger charge is 2.23. The van der Waals surface area contributed by atoms with Crippen LogP contribution in [0.25, 0.3) is 0 Å². The van der Waals surface area contributed by atoms with Crippen LogP contribution in [0, 0.1) is 0 Å². The number of oxime groups is 1. The van der Waals surface area contributed by atoms with E-state index >= 15 is 0 Å². The minimum Gasteiger partial charge on any atom is -0.409 e. The Labute approximate surface area is 128 Å². The van der Waals surface area contributed by atoms with E-state index in [-0.39, 0.29) is 15.5 Å². The van der Waals surface area contributed by atoms with Crippen molar-refractivity contribution < 1.29 is 13.6 Å². The van der Waals surface area contributed by atoms with Crippen LogP contribution in [0.2, 0.25) is 0 Å². The zero-order chi connectivity index (χ0) is 15.6. The van der Waals surface area contributed by atoms with Crippen LogP contribution in [0.15, 0.2) is 39.1 Å². The first-order chi connectivity index (χ1) is 9.85. The molecule has 0 amide bonds. The van der Waals surface area contributed by atoms with Crippen molar-refractivity contribution in [3.63, 3.8) is 0 Å². The number of hydrogen-bond acceptors (Lipinski definition) is 6. The van der Waals surface area contributed by atoms with Gasteiger partial charge in [0.1, 0.15) is 0 Å². The maximum atomic E-state index is 12.2. The van der Waals surface area contributed by atoms with E-state index in [1.54, 1.807) is 0 Å². The molecule has 0 atom stereocenters. The lowest BCUT2D eigenvalue weighted by Gasteiger charge is -2.08. The molecule has 1 aromatic heterocycles. The topological polar surface area (TPSA) is 135 Å². The fraction of sp³-hybridized carbons (Fsp3) is 0.100. The number of halogens is 1.